The number of nitrogens with two attached hydrogens (primary N) is 1. The molecule has 0 unspecified atom stereocenters. The number of hydrogen-bond donors (Lipinski definition) is 3. The summed E-state index contributed by atoms with van der Waals surface area (Å²) in [7, 11) is 0. The molecule has 2 aliphatic heterocycles. The Morgan fingerprint density at radius 2 is 1.45 bits per heavy atom. The number of benzene rings is 3. The number of ether oxygens (including phenoxy) is 1. The van der Waals surface area contributed by atoms with Crippen LogP contribution in [0.15, 0.2) is 130 Å². The van der Waals surface area contributed by atoms with E-state index in [4.69, 9.17) is 10.5 Å². The summed E-state index contributed by atoms with van der Waals surface area (Å²) in [4.78, 5) is 18.4. The van der Waals surface area contributed by atoms with Crippen LogP contribution in [-0.2, 0) is 15.1 Å². The first-order valence-corrected chi connectivity index (χ1v) is 13.6. The lowest BCUT2D eigenvalue weighted by molar-refractivity contribution is -0.141. The number of fused-ring (bicyclic) bond motifs is 2. The number of carbonyl (C=O) groups is 1. The minimum Gasteiger partial charge on any atom is -0.461 e. The summed E-state index contributed by atoms with van der Waals surface area (Å²) in [6, 6.07) is 30.8. The maximum atomic E-state index is 14.1. The molecule has 3 aliphatic rings. The van der Waals surface area contributed by atoms with E-state index in [2.05, 4.69) is 66.0 Å². The average Bonchev–Trinajstić information content (AvgIpc) is 3.39. The first-order chi connectivity index (χ1) is 19.4. The molecule has 1 aliphatic carbocycles. The molecule has 6 rings (SSSR count). The van der Waals surface area contributed by atoms with Crippen molar-refractivity contribution in [2.45, 2.75) is 32.7 Å². The Labute approximate surface area is 234 Å². The summed E-state index contributed by atoms with van der Waals surface area (Å²) >= 11 is 0. The number of allylic oxidation sites excluding steroid dienone is 2. The van der Waals surface area contributed by atoms with Crippen molar-refractivity contribution in [1.82, 2.24) is 15.8 Å². The molecule has 2 heterocycles. The summed E-state index contributed by atoms with van der Waals surface area (Å²) in [6.07, 6.45) is 2.50. The molecule has 3 aromatic carbocycles. The van der Waals surface area contributed by atoms with Gasteiger partial charge in [-0.3, -0.25) is 10.4 Å². The van der Waals surface area contributed by atoms with Crippen LogP contribution in [0.25, 0.3) is 0 Å². The molecule has 202 valence electrons. The quantitative estimate of drug-likeness (QED) is 0.304. The van der Waals surface area contributed by atoms with Crippen molar-refractivity contribution in [3.05, 3.63) is 142 Å². The zero-order valence-electron chi connectivity index (χ0n) is 22.9. The van der Waals surface area contributed by atoms with Gasteiger partial charge in [0.1, 0.15) is 5.54 Å². The fourth-order valence-corrected chi connectivity index (χ4v) is 6.24. The molecular weight excluding hydrogens is 498 g/mol. The number of rotatable bonds is 6. The summed E-state index contributed by atoms with van der Waals surface area (Å²) in [5.74, 6) is -0.0746. The van der Waals surface area contributed by atoms with Crippen LogP contribution < -0.4 is 16.5 Å². The van der Waals surface area contributed by atoms with Gasteiger partial charge in [0.05, 0.1) is 18.0 Å². The van der Waals surface area contributed by atoms with E-state index in [0.29, 0.717) is 18.1 Å². The third kappa shape index (κ3) is 3.88. The topological polar surface area (TPSA) is 92.0 Å². The van der Waals surface area contributed by atoms with Gasteiger partial charge in [-0.2, -0.15) is 0 Å². The fraction of sp³-hybridized carbons (Fsp3) is 0.212. The number of nitrogens with one attached hydrogen (secondary N) is 2. The zero-order chi connectivity index (χ0) is 27.9. The van der Waals surface area contributed by atoms with Crippen molar-refractivity contribution in [2.24, 2.45) is 16.1 Å². The Morgan fingerprint density at radius 1 is 0.925 bits per heavy atom. The molecule has 0 fully saturated rings. The summed E-state index contributed by atoms with van der Waals surface area (Å²) in [5.41, 5.74) is 15.5. The molecule has 0 atom stereocenters. The number of hydrogen-bond acceptors (Lipinski definition) is 7. The van der Waals surface area contributed by atoms with Crippen LogP contribution in [0.3, 0.4) is 0 Å². The van der Waals surface area contributed by atoms with Gasteiger partial charge >= 0.3 is 5.97 Å². The second-order valence-electron chi connectivity index (χ2n) is 10.8. The summed E-state index contributed by atoms with van der Waals surface area (Å²) in [6.45, 7) is 6.40. The molecule has 7 heteroatoms. The monoisotopic (exact) mass is 531 g/mol. The molecule has 0 amide bonds. The van der Waals surface area contributed by atoms with Crippen LogP contribution in [-0.4, -0.2) is 23.5 Å². The normalized spacial score (nSPS) is 17.7. The van der Waals surface area contributed by atoms with Crippen LogP contribution in [0.1, 0.15) is 43.9 Å². The van der Waals surface area contributed by atoms with E-state index in [1.54, 1.807) is 0 Å². The number of carbonyl (C=O) groups excluding carboxylic acids is 1. The van der Waals surface area contributed by atoms with Crippen LogP contribution in [0.5, 0.6) is 0 Å². The highest BCUT2D eigenvalue weighted by molar-refractivity contribution is 5.93. The lowest BCUT2D eigenvalue weighted by Crippen LogP contribution is -2.53. The molecule has 0 aromatic heterocycles. The smallest absolute Gasteiger partial charge is 0.356 e. The van der Waals surface area contributed by atoms with E-state index in [1.807, 2.05) is 72.7 Å². The Balaban J connectivity index is 1.73. The zero-order valence-corrected chi connectivity index (χ0v) is 22.9. The van der Waals surface area contributed by atoms with Gasteiger partial charge in [0, 0.05) is 11.8 Å². The van der Waals surface area contributed by atoms with Gasteiger partial charge in [-0.25, -0.2) is 9.79 Å². The minimum absolute atomic E-state index is 0.258. The van der Waals surface area contributed by atoms with Gasteiger partial charge < -0.3 is 15.8 Å². The Kier molecular flexibility index (Phi) is 6.22. The van der Waals surface area contributed by atoms with Crippen LogP contribution in [0, 0.1) is 5.41 Å². The minimum atomic E-state index is -0.933. The van der Waals surface area contributed by atoms with E-state index in [-0.39, 0.29) is 12.6 Å². The highest BCUT2D eigenvalue weighted by Gasteiger charge is 2.54. The van der Waals surface area contributed by atoms with Gasteiger partial charge in [-0.1, -0.05) is 105 Å². The van der Waals surface area contributed by atoms with Crippen LogP contribution in [0.2, 0.25) is 0 Å². The lowest BCUT2D eigenvalue weighted by atomic mass is 9.71. The first kappa shape index (κ1) is 25.5. The molecule has 0 spiro atoms. The molecule has 0 saturated heterocycles. The third-order valence-corrected chi connectivity index (χ3v) is 7.81. The average molecular weight is 532 g/mol. The second-order valence-corrected chi connectivity index (χ2v) is 10.8. The lowest BCUT2D eigenvalue weighted by Gasteiger charge is -2.45. The number of hydrazine groups is 1. The highest BCUT2D eigenvalue weighted by atomic mass is 16.5. The molecule has 0 radical (unpaired) electrons. The van der Waals surface area contributed by atoms with E-state index in [0.717, 1.165) is 39.2 Å². The molecule has 40 heavy (non-hydrogen) atoms. The predicted molar refractivity (Wildman–Crippen MR) is 156 cm³/mol. The number of guanidine groups is 1. The van der Waals surface area contributed by atoms with E-state index in [9.17, 15) is 4.79 Å². The van der Waals surface area contributed by atoms with Gasteiger partial charge in [0.15, 0.2) is 11.7 Å². The molecule has 0 bridgehead atoms. The number of nitrogens with zero attached hydrogens (tertiary/aromatic N) is 2. The van der Waals surface area contributed by atoms with Gasteiger partial charge in [-0.15, -0.1) is 0 Å². The van der Waals surface area contributed by atoms with E-state index in [1.165, 1.54) is 0 Å². The number of aliphatic imine (C=N–C) groups is 1. The van der Waals surface area contributed by atoms with Crippen molar-refractivity contribution < 1.29 is 9.53 Å². The van der Waals surface area contributed by atoms with Crippen molar-refractivity contribution in [2.75, 3.05) is 6.61 Å². The fourth-order valence-electron chi connectivity index (χ4n) is 6.24. The first-order valence-electron chi connectivity index (χ1n) is 13.6. The summed E-state index contributed by atoms with van der Waals surface area (Å²) < 4.78 is 5.77. The standard InChI is InChI=1S/C33H33N5O2/c1-4-40-30(39)29-26-28(27-22(20-32(26,2)3)21-35-31(34)36-27)37-38(29)33(23-14-8-5-9-15-23,24-16-10-6-11-17-24)25-18-12-7-13-19-25/h5-19,21,37H,4,20H2,1-3H3,(H3,34,35,36). The molecule has 3 aromatic rings. The van der Waals surface area contributed by atoms with Crippen molar-refractivity contribution >= 4 is 11.9 Å². The van der Waals surface area contributed by atoms with E-state index < -0.39 is 11.0 Å². The number of esters is 1. The van der Waals surface area contributed by atoms with Crippen LogP contribution in [0.4, 0.5) is 0 Å². The predicted octanol–water partition coefficient (Wildman–Crippen LogP) is 5.06. The largest absolute Gasteiger partial charge is 0.461 e. The maximum Gasteiger partial charge on any atom is 0.356 e. The van der Waals surface area contributed by atoms with Crippen molar-refractivity contribution in [3.8, 4) is 0 Å². The Bertz CT molecular complexity index is 1470. The molecule has 7 nitrogen and oxygen atoms in total. The van der Waals surface area contributed by atoms with Gasteiger partial charge in [0.2, 0.25) is 0 Å². The van der Waals surface area contributed by atoms with Gasteiger partial charge in [-0.05, 0) is 41.0 Å². The third-order valence-electron chi connectivity index (χ3n) is 7.81. The van der Waals surface area contributed by atoms with Gasteiger partial charge in [0.25, 0.3) is 0 Å². The Hall–Kier alpha value is -4.78. The van der Waals surface area contributed by atoms with Crippen molar-refractivity contribution in [1.29, 1.82) is 0 Å². The highest BCUT2D eigenvalue weighted by Crippen LogP contribution is 2.54. The Morgan fingerprint density at radius 3 is 1.95 bits per heavy atom. The summed E-state index contributed by atoms with van der Waals surface area (Å²) in [5, 5.41) is 5.28. The SMILES string of the molecule is CCOC(=O)C1=C2C(=C3NC(N)=NC=C3CC2(C)C)NN1C(c1ccccc1)(c1ccccc1)c1ccccc1. The molecule has 4 N–H and O–H groups in total. The second kappa shape index (κ2) is 9.75. The van der Waals surface area contributed by atoms with E-state index >= 15 is 0 Å². The molecule has 0 saturated carbocycles. The maximum absolute atomic E-state index is 14.1. The van der Waals surface area contributed by atoms with Crippen molar-refractivity contribution in [3.63, 3.8) is 0 Å². The molecular formula is C33H33N5O2. The van der Waals surface area contributed by atoms with Crippen LogP contribution >= 0.6 is 0 Å².